The molecule has 0 fully saturated rings. The molecule has 0 unspecified atom stereocenters. The lowest BCUT2D eigenvalue weighted by molar-refractivity contribution is 0.0949. The summed E-state index contributed by atoms with van der Waals surface area (Å²) >= 11 is 0. The van der Waals surface area contributed by atoms with E-state index >= 15 is 0 Å². The Balaban J connectivity index is 1.58. The van der Waals surface area contributed by atoms with Gasteiger partial charge in [0.1, 0.15) is 5.69 Å². The molecule has 0 saturated heterocycles. The zero-order chi connectivity index (χ0) is 19.1. The zero-order valence-corrected chi connectivity index (χ0v) is 15.7. The molecule has 1 heterocycles. The van der Waals surface area contributed by atoms with E-state index in [2.05, 4.69) is 51.8 Å². The second kappa shape index (κ2) is 8.94. The van der Waals surface area contributed by atoms with Crippen LogP contribution in [0.4, 0.5) is 5.95 Å². The maximum Gasteiger partial charge on any atom is 0.270 e. The third kappa shape index (κ3) is 5.64. The van der Waals surface area contributed by atoms with E-state index in [1.807, 2.05) is 37.3 Å². The molecule has 0 aliphatic heterocycles. The van der Waals surface area contributed by atoms with Gasteiger partial charge in [-0.2, -0.15) is 0 Å². The largest absolute Gasteiger partial charge is 0.350 e. The van der Waals surface area contributed by atoms with Gasteiger partial charge in [-0.05, 0) is 37.5 Å². The molecule has 2 N–H and O–H groups in total. The molecule has 0 saturated carbocycles. The molecule has 27 heavy (non-hydrogen) atoms. The number of hydrogen-bond acceptors (Lipinski definition) is 4. The van der Waals surface area contributed by atoms with E-state index in [1.54, 1.807) is 6.07 Å². The van der Waals surface area contributed by atoms with Crippen molar-refractivity contribution in [2.45, 2.75) is 26.8 Å². The van der Waals surface area contributed by atoms with Gasteiger partial charge in [0.05, 0.1) is 0 Å². The van der Waals surface area contributed by atoms with Crippen LogP contribution in [0.5, 0.6) is 0 Å². The lowest BCUT2D eigenvalue weighted by Crippen LogP contribution is -2.27. The van der Waals surface area contributed by atoms with E-state index in [1.165, 1.54) is 11.1 Å². The van der Waals surface area contributed by atoms with Gasteiger partial charge in [-0.15, -0.1) is 0 Å². The Labute approximate surface area is 159 Å². The summed E-state index contributed by atoms with van der Waals surface area (Å²) in [5.74, 6) is 0.276. The number of carbonyl (C=O) groups excluding carboxylic acids is 1. The van der Waals surface area contributed by atoms with Crippen LogP contribution in [0.3, 0.4) is 0 Å². The molecule has 5 heteroatoms. The number of hydrogen-bond donors (Lipinski definition) is 2. The van der Waals surface area contributed by atoms with E-state index < -0.39 is 0 Å². The lowest BCUT2D eigenvalue weighted by Gasteiger charge is -2.09. The number of amides is 1. The summed E-state index contributed by atoms with van der Waals surface area (Å²) in [5.41, 5.74) is 4.68. The molecule has 3 rings (SSSR count). The SMILES string of the molecule is Cc1ccc(CNc2nc(C)cc(C(=O)NCCc3ccccc3)n2)cc1. The van der Waals surface area contributed by atoms with Gasteiger partial charge >= 0.3 is 0 Å². The average molecular weight is 360 g/mol. The fraction of sp³-hybridized carbons (Fsp3) is 0.227. The monoisotopic (exact) mass is 360 g/mol. The summed E-state index contributed by atoms with van der Waals surface area (Å²) in [7, 11) is 0. The minimum absolute atomic E-state index is 0.185. The normalized spacial score (nSPS) is 10.4. The molecule has 0 aliphatic carbocycles. The Kier molecular flexibility index (Phi) is 6.15. The molecule has 3 aromatic rings. The van der Waals surface area contributed by atoms with Gasteiger partial charge < -0.3 is 10.6 Å². The topological polar surface area (TPSA) is 66.9 Å². The maximum atomic E-state index is 12.4. The molecule has 1 amide bonds. The smallest absolute Gasteiger partial charge is 0.270 e. The molecular formula is C22H24N4O. The molecule has 138 valence electrons. The van der Waals surface area contributed by atoms with Crippen molar-refractivity contribution in [1.82, 2.24) is 15.3 Å². The number of rotatable bonds is 7. The zero-order valence-electron chi connectivity index (χ0n) is 15.7. The van der Waals surface area contributed by atoms with E-state index in [0.29, 0.717) is 24.7 Å². The van der Waals surface area contributed by atoms with Gasteiger partial charge in [0.15, 0.2) is 0 Å². The van der Waals surface area contributed by atoms with Crippen LogP contribution in [0.1, 0.15) is 32.9 Å². The number of aryl methyl sites for hydroxylation is 2. The molecule has 0 bridgehead atoms. The first-order chi connectivity index (χ1) is 13.1. The van der Waals surface area contributed by atoms with Crippen LogP contribution in [0.25, 0.3) is 0 Å². The molecule has 2 aromatic carbocycles. The highest BCUT2D eigenvalue weighted by molar-refractivity contribution is 5.92. The van der Waals surface area contributed by atoms with E-state index in [4.69, 9.17) is 0 Å². The Bertz CT molecular complexity index is 892. The van der Waals surface area contributed by atoms with Crippen molar-refractivity contribution in [3.05, 3.63) is 88.7 Å². The predicted octanol–water partition coefficient (Wildman–Crippen LogP) is 3.68. The number of aromatic nitrogens is 2. The van der Waals surface area contributed by atoms with E-state index in [0.717, 1.165) is 17.7 Å². The van der Waals surface area contributed by atoms with Crippen molar-refractivity contribution in [1.29, 1.82) is 0 Å². The van der Waals surface area contributed by atoms with Gasteiger partial charge in [0.2, 0.25) is 5.95 Å². The Hall–Kier alpha value is -3.21. The Morgan fingerprint density at radius 2 is 1.67 bits per heavy atom. The summed E-state index contributed by atoms with van der Waals surface area (Å²) in [6.45, 7) is 5.10. The van der Waals surface area contributed by atoms with Crippen LogP contribution in [-0.4, -0.2) is 22.4 Å². The molecule has 0 spiro atoms. The minimum Gasteiger partial charge on any atom is -0.350 e. The third-order valence-corrected chi connectivity index (χ3v) is 4.20. The first-order valence-corrected chi connectivity index (χ1v) is 9.07. The van der Waals surface area contributed by atoms with E-state index in [9.17, 15) is 4.79 Å². The summed E-state index contributed by atoms with van der Waals surface area (Å²) in [6.07, 6.45) is 0.787. The fourth-order valence-electron chi connectivity index (χ4n) is 2.71. The fourth-order valence-corrected chi connectivity index (χ4v) is 2.71. The van der Waals surface area contributed by atoms with Gasteiger partial charge in [-0.25, -0.2) is 9.97 Å². The number of benzene rings is 2. The predicted molar refractivity (Wildman–Crippen MR) is 108 cm³/mol. The molecule has 0 radical (unpaired) electrons. The third-order valence-electron chi connectivity index (χ3n) is 4.20. The second-order valence-electron chi connectivity index (χ2n) is 6.55. The summed E-state index contributed by atoms with van der Waals surface area (Å²) < 4.78 is 0. The number of carbonyl (C=O) groups is 1. The number of anilines is 1. The first-order valence-electron chi connectivity index (χ1n) is 9.07. The van der Waals surface area contributed by atoms with Crippen molar-refractivity contribution in [3.63, 3.8) is 0 Å². The van der Waals surface area contributed by atoms with Crippen LogP contribution < -0.4 is 10.6 Å². The van der Waals surface area contributed by atoms with Crippen molar-refractivity contribution in [2.75, 3.05) is 11.9 Å². The van der Waals surface area contributed by atoms with Crippen LogP contribution in [-0.2, 0) is 13.0 Å². The molecule has 0 aliphatic rings. The van der Waals surface area contributed by atoms with Crippen molar-refractivity contribution in [3.8, 4) is 0 Å². The summed E-state index contributed by atoms with van der Waals surface area (Å²) in [4.78, 5) is 21.2. The highest BCUT2D eigenvalue weighted by atomic mass is 16.1. The Morgan fingerprint density at radius 1 is 0.926 bits per heavy atom. The van der Waals surface area contributed by atoms with Crippen molar-refractivity contribution in [2.24, 2.45) is 0 Å². The van der Waals surface area contributed by atoms with Gasteiger partial charge in [-0.3, -0.25) is 4.79 Å². The average Bonchev–Trinajstić information content (AvgIpc) is 2.68. The highest BCUT2D eigenvalue weighted by Gasteiger charge is 2.10. The minimum atomic E-state index is -0.185. The quantitative estimate of drug-likeness (QED) is 0.674. The van der Waals surface area contributed by atoms with Gasteiger partial charge in [0.25, 0.3) is 5.91 Å². The second-order valence-corrected chi connectivity index (χ2v) is 6.55. The summed E-state index contributed by atoms with van der Waals surface area (Å²) in [6, 6.07) is 20.0. The molecule has 0 atom stereocenters. The van der Waals surface area contributed by atoms with E-state index in [-0.39, 0.29) is 5.91 Å². The maximum absolute atomic E-state index is 12.4. The van der Waals surface area contributed by atoms with Crippen LogP contribution in [0.15, 0.2) is 60.7 Å². The number of nitrogens with zero attached hydrogens (tertiary/aromatic N) is 2. The molecular weight excluding hydrogens is 336 g/mol. The van der Waals surface area contributed by atoms with Crippen LogP contribution >= 0.6 is 0 Å². The highest BCUT2D eigenvalue weighted by Crippen LogP contribution is 2.09. The van der Waals surface area contributed by atoms with Crippen molar-refractivity contribution >= 4 is 11.9 Å². The summed E-state index contributed by atoms with van der Waals surface area (Å²) in [5, 5.41) is 6.12. The lowest BCUT2D eigenvalue weighted by atomic mass is 10.1. The van der Waals surface area contributed by atoms with Crippen LogP contribution in [0, 0.1) is 13.8 Å². The standard InChI is InChI=1S/C22H24N4O/c1-16-8-10-19(11-9-16)15-24-22-25-17(2)14-20(26-22)21(27)23-13-12-18-6-4-3-5-7-18/h3-11,14H,12-13,15H2,1-2H3,(H,23,27)(H,24,25,26). The first kappa shape index (κ1) is 18.6. The Morgan fingerprint density at radius 3 is 2.41 bits per heavy atom. The number of nitrogens with one attached hydrogen (secondary N) is 2. The van der Waals surface area contributed by atoms with Crippen molar-refractivity contribution < 1.29 is 4.79 Å². The molecule has 5 nitrogen and oxygen atoms in total. The van der Waals surface area contributed by atoms with Crippen LogP contribution in [0.2, 0.25) is 0 Å². The van der Waals surface area contributed by atoms with Gasteiger partial charge in [-0.1, -0.05) is 60.2 Å². The molecule has 1 aromatic heterocycles. The van der Waals surface area contributed by atoms with Gasteiger partial charge in [0, 0.05) is 18.8 Å².